The number of carbonyl (C=O) groups is 1. The van der Waals surface area contributed by atoms with Crippen LogP contribution < -0.4 is 9.03 Å². The number of nitrogens with one attached hydrogen (secondary N) is 1. The summed E-state index contributed by atoms with van der Waals surface area (Å²) < 4.78 is 28.0. The summed E-state index contributed by atoms with van der Waals surface area (Å²) in [5.41, 5.74) is 1.70. The van der Waals surface area contributed by atoms with E-state index in [-0.39, 0.29) is 5.69 Å². The van der Waals surface area contributed by atoms with Gasteiger partial charge in [-0.3, -0.25) is 9.10 Å². The van der Waals surface area contributed by atoms with Crippen LogP contribution in [0.1, 0.15) is 21.1 Å². The molecule has 6 nitrogen and oxygen atoms in total. The first-order valence-electron chi connectivity index (χ1n) is 6.32. The fourth-order valence-electron chi connectivity index (χ4n) is 2.25. The predicted molar refractivity (Wildman–Crippen MR) is 80.7 cm³/mol. The number of hydrogen-bond acceptors (Lipinski definition) is 5. The average molecular weight is 323 g/mol. The van der Waals surface area contributed by atoms with Gasteiger partial charge in [-0.2, -0.15) is 8.42 Å². The Hall–Kier alpha value is -1.93. The van der Waals surface area contributed by atoms with Crippen LogP contribution in [-0.4, -0.2) is 25.9 Å². The van der Waals surface area contributed by atoms with Gasteiger partial charge in [-0.15, -0.1) is 11.3 Å². The van der Waals surface area contributed by atoms with E-state index in [0.717, 1.165) is 5.56 Å². The first-order valence-corrected chi connectivity index (χ1v) is 8.64. The van der Waals surface area contributed by atoms with Gasteiger partial charge in [0.25, 0.3) is 5.91 Å². The third kappa shape index (κ3) is 2.64. The molecule has 21 heavy (non-hydrogen) atoms. The summed E-state index contributed by atoms with van der Waals surface area (Å²) in [5.74, 6) is -0.705. The second kappa shape index (κ2) is 5.12. The molecule has 2 heterocycles. The molecule has 0 fully saturated rings. The van der Waals surface area contributed by atoms with Gasteiger partial charge in [0, 0.05) is 11.9 Å². The molecule has 8 heteroatoms. The zero-order valence-electron chi connectivity index (χ0n) is 11.2. The monoisotopic (exact) mass is 323 g/mol. The second-order valence-electron chi connectivity index (χ2n) is 4.64. The van der Waals surface area contributed by atoms with E-state index in [9.17, 15) is 13.2 Å². The lowest BCUT2D eigenvalue weighted by Crippen LogP contribution is -2.43. The fraction of sp³-hybridized carbons (Fsp3) is 0.231. The lowest BCUT2D eigenvalue weighted by atomic mass is 10.2. The van der Waals surface area contributed by atoms with Gasteiger partial charge in [0.15, 0.2) is 0 Å². The van der Waals surface area contributed by atoms with E-state index in [1.54, 1.807) is 19.1 Å². The largest absolute Gasteiger partial charge is 0.326 e. The van der Waals surface area contributed by atoms with E-state index in [2.05, 4.69) is 9.71 Å². The Morgan fingerprint density at radius 2 is 2.14 bits per heavy atom. The lowest BCUT2D eigenvalue weighted by Gasteiger charge is -2.19. The summed E-state index contributed by atoms with van der Waals surface area (Å²) in [7, 11) is -3.91. The maximum Gasteiger partial charge on any atom is 0.326 e. The first kappa shape index (κ1) is 14.0. The van der Waals surface area contributed by atoms with Crippen LogP contribution in [-0.2, 0) is 16.6 Å². The van der Waals surface area contributed by atoms with Crippen molar-refractivity contribution in [2.75, 3.05) is 10.8 Å². The van der Waals surface area contributed by atoms with Crippen LogP contribution in [0.2, 0.25) is 0 Å². The highest BCUT2D eigenvalue weighted by molar-refractivity contribution is 7.91. The molecule has 0 atom stereocenters. The number of benzene rings is 1. The summed E-state index contributed by atoms with van der Waals surface area (Å²) in [5, 5.41) is 2.25. The maximum absolute atomic E-state index is 12.4. The summed E-state index contributed by atoms with van der Waals surface area (Å²) in [6.45, 7) is 2.09. The van der Waals surface area contributed by atoms with E-state index in [1.807, 2.05) is 12.1 Å². The molecule has 1 aliphatic rings. The average Bonchev–Trinajstić information content (AvgIpc) is 3.04. The topological polar surface area (TPSA) is 79.4 Å². The van der Waals surface area contributed by atoms with E-state index < -0.39 is 16.1 Å². The van der Waals surface area contributed by atoms with Gasteiger partial charge in [0.1, 0.15) is 5.69 Å². The first-order chi connectivity index (χ1) is 9.97. The molecule has 110 valence electrons. The Morgan fingerprint density at radius 1 is 1.38 bits per heavy atom. The predicted octanol–water partition coefficient (Wildman–Crippen LogP) is 1.49. The molecule has 0 radical (unpaired) electrons. The number of anilines is 1. The van der Waals surface area contributed by atoms with E-state index in [0.29, 0.717) is 23.7 Å². The van der Waals surface area contributed by atoms with Crippen molar-refractivity contribution >= 4 is 33.1 Å². The molecule has 1 aliphatic heterocycles. The van der Waals surface area contributed by atoms with E-state index >= 15 is 0 Å². The fourth-order valence-corrected chi connectivity index (χ4v) is 4.06. The molecule has 1 amide bonds. The molecule has 0 saturated carbocycles. The van der Waals surface area contributed by atoms with Crippen LogP contribution in [0.15, 0.2) is 29.6 Å². The smallest absolute Gasteiger partial charge is 0.266 e. The Morgan fingerprint density at radius 3 is 2.86 bits per heavy atom. The van der Waals surface area contributed by atoms with Crippen LogP contribution in [0.3, 0.4) is 0 Å². The molecular weight excluding hydrogens is 310 g/mol. The van der Waals surface area contributed by atoms with Crippen LogP contribution in [0.4, 0.5) is 5.69 Å². The van der Waals surface area contributed by atoms with Gasteiger partial charge in [0.05, 0.1) is 10.7 Å². The standard InChI is InChI=1S/C13H13N3O3S2/c1-9-14-11(8-20-9)13(17)15-21(18,19)16-7-6-10-4-2-3-5-12(10)16/h2-5,8H,6-7H2,1H3,(H,15,17). The van der Waals surface area contributed by atoms with Crippen molar-refractivity contribution in [3.8, 4) is 0 Å². The van der Waals surface area contributed by atoms with E-state index in [1.165, 1.54) is 21.0 Å². The van der Waals surface area contributed by atoms with Gasteiger partial charge < -0.3 is 0 Å². The second-order valence-corrected chi connectivity index (χ2v) is 7.30. The van der Waals surface area contributed by atoms with Gasteiger partial charge >= 0.3 is 10.2 Å². The number of thiazole rings is 1. The van der Waals surface area contributed by atoms with Gasteiger partial charge in [-0.1, -0.05) is 18.2 Å². The van der Waals surface area contributed by atoms with Crippen LogP contribution >= 0.6 is 11.3 Å². The van der Waals surface area contributed by atoms with Crippen molar-refractivity contribution < 1.29 is 13.2 Å². The number of para-hydroxylation sites is 1. The summed E-state index contributed by atoms with van der Waals surface area (Å²) in [6, 6.07) is 7.26. The Kier molecular flexibility index (Phi) is 3.42. The highest BCUT2D eigenvalue weighted by Crippen LogP contribution is 2.29. The van der Waals surface area contributed by atoms with Gasteiger partial charge in [-0.05, 0) is 25.0 Å². The number of nitrogens with zero attached hydrogens (tertiary/aromatic N) is 2. The summed E-state index contributed by atoms with van der Waals surface area (Å²) in [4.78, 5) is 16.0. The third-order valence-electron chi connectivity index (χ3n) is 3.21. The number of carbonyl (C=O) groups excluding carboxylic acids is 1. The molecule has 0 bridgehead atoms. The van der Waals surface area contributed by atoms with Gasteiger partial charge in [0.2, 0.25) is 0 Å². The Labute approximate surface area is 126 Å². The van der Waals surface area contributed by atoms with Crippen molar-refractivity contribution in [2.24, 2.45) is 0 Å². The molecule has 0 spiro atoms. The number of hydrogen-bond donors (Lipinski definition) is 1. The normalized spacial score (nSPS) is 14.0. The molecule has 0 unspecified atom stereocenters. The minimum atomic E-state index is -3.91. The third-order valence-corrected chi connectivity index (χ3v) is 5.38. The molecule has 0 saturated heterocycles. The Bertz CT molecular complexity index is 798. The van der Waals surface area contributed by atoms with Crippen molar-refractivity contribution in [3.63, 3.8) is 0 Å². The Balaban J connectivity index is 1.84. The van der Waals surface area contributed by atoms with Crippen molar-refractivity contribution in [1.29, 1.82) is 0 Å². The lowest BCUT2D eigenvalue weighted by molar-refractivity contribution is 0.0977. The minimum Gasteiger partial charge on any atom is -0.266 e. The zero-order chi connectivity index (χ0) is 15.0. The minimum absolute atomic E-state index is 0.119. The number of amides is 1. The highest BCUT2D eigenvalue weighted by Gasteiger charge is 2.31. The van der Waals surface area contributed by atoms with Crippen LogP contribution in [0, 0.1) is 6.92 Å². The molecule has 1 aromatic carbocycles. The summed E-state index contributed by atoms with van der Waals surface area (Å²) >= 11 is 1.30. The number of aryl methyl sites for hydroxylation is 1. The number of rotatable bonds is 3. The molecular formula is C13H13N3O3S2. The van der Waals surface area contributed by atoms with Crippen molar-refractivity contribution in [1.82, 2.24) is 9.71 Å². The maximum atomic E-state index is 12.4. The molecule has 3 rings (SSSR count). The SMILES string of the molecule is Cc1nc(C(=O)NS(=O)(=O)N2CCc3ccccc32)cs1. The summed E-state index contributed by atoms with van der Waals surface area (Å²) in [6.07, 6.45) is 0.640. The molecule has 1 aromatic heterocycles. The molecule has 2 aromatic rings. The van der Waals surface area contributed by atoms with Crippen molar-refractivity contribution in [3.05, 3.63) is 45.9 Å². The quantitative estimate of drug-likeness (QED) is 0.928. The van der Waals surface area contributed by atoms with Crippen molar-refractivity contribution in [2.45, 2.75) is 13.3 Å². The van der Waals surface area contributed by atoms with Gasteiger partial charge in [-0.25, -0.2) is 9.71 Å². The zero-order valence-corrected chi connectivity index (χ0v) is 12.9. The molecule has 0 aliphatic carbocycles. The number of fused-ring (bicyclic) bond motifs is 1. The van der Waals surface area contributed by atoms with E-state index in [4.69, 9.17) is 0 Å². The highest BCUT2D eigenvalue weighted by atomic mass is 32.2. The van der Waals surface area contributed by atoms with Crippen LogP contribution in [0.5, 0.6) is 0 Å². The molecule has 1 N–H and O–H groups in total. The van der Waals surface area contributed by atoms with Crippen LogP contribution in [0.25, 0.3) is 0 Å². The number of aromatic nitrogens is 1.